The van der Waals surface area contributed by atoms with Crippen LogP contribution in [0, 0.1) is 0 Å². The van der Waals surface area contributed by atoms with Gasteiger partial charge in [0.1, 0.15) is 0 Å². The van der Waals surface area contributed by atoms with Crippen molar-refractivity contribution in [1.29, 1.82) is 0 Å². The van der Waals surface area contributed by atoms with E-state index in [1.807, 2.05) is 18.3 Å². The maximum Gasteiger partial charge on any atom is 0.0794 e. The minimum Gasteiger partial charge on any atom is -0.388 e. The summed E-state index contributed by atoms with van der Waals surface area (Å²) < 4.78 is 0. The molecule has 0 radical (unpaired) electrons. The molecule has 0 aliphatic heterocycles. The summed E-state index contributed by atoms with van der Waals surface area (Å²) in [4.78, 5) is 4.20. The van der Waals surface area contributed by atoms with Crippen LogP contribution in [-0.4, -0.2) is 10.1 Å². The molecule has 1 aliphatic carbocycles. The van der Waals surface area contributed by atoms with Crippen LogP contribution in [0.5, 0.6) is 0 Å². The summed E-state index contributed by atoms with van der Waals surface area (Å²) in [5, 5.41) is 10.00. The first-order valence-electron chi connectivity index (χ1n) is 6.03. The Morgan fingerprint density at radius 1 is 1.00 bits per heavy atom. The number of fused-ring (bicyclic) bond motifs is 1. The minimum absolute atomic E-state index is 0.326. The molecular formula is C15H15NO. The molecule has 1 heterocycles. The molecule has 3 rings (SSSR count). The molecule has 2 atom stereocenters. The molecule has 17 heavy (non-hydrogen) atoms. The number of aliphatic hydroxyl groups excluding tert-OH is 1. The van der Waals surface area contributed by atoms with Crippen molar-refractivity contribution in [1.82, 2.24) is 4.98 Å². The summed E-state index contributed by atoms with van der Waals surface area (Å²) in [5.41, 5.74) is 3.53. The van der Waals surface area contributed by atoms with Crippen LogP contribution < -0.4 is 0 Å². The van der Waals surface area contributed by atoms with Crippen molar-refractivity contribution in [3.63, 3.8) is 0 Å². The van der Waals surface area contributed by atoms with Crippen molar-refractivity contribution in [3.8, 4) is 0 Å². The molecule has 0 bridgehead atoms. The summed E-state index contributed by atoms with van der Waals surface area (Å²) in [6.45, 7) is 0. The van der Waals surface area contributed by atoms with Gasteiger partial charge in [-0.2, -0.15) is 0 Å². The first-order chi connectivity index (χ1) is 8.36. The van der Waals surface area contributed by atoms with Crippen LogP contribution in [0.15, 0.2) is 48.8 Å². The minimum atomic E-state index is -0.326. The zero-order chi connectivity index (χ0) is 11.7. The lowest BCUT2D eigenvalue weighted by Gasteiger charge is -2.28. The van der Waals surface area contributed by atoms with Crippen LogP contribution in [0.3, 0.4) is 0 Å². The molecule has 1 aromatic heterocycles. The highest BCUT2D eigenvalue weighted by Gasteiger charge is 2.26. The molecule has 0 saturated heterocycles. The van der Waals surface area contributed by atoms with Gasteiger partial charge in [0.05, 0.1) is 6.10 Å². The number of rotatable bonds is 1. The highest BCUT2D eigenvalue weighted by Crippen LogP contribution is 2.40. The number of benzene rings is 1. The van der Waals surface area contributed by atoms with Crippen LogP contribution in [0.25, 0.3) is 0 Å². The molecular weight excluding hydrogens is 210 g/mol. The number of aliphatic hydroxyl groups is 1. The van der Waals surface area contributed by atoms with E-state index in [4.69, 9.17) is 0 Å². The van der Waals surface area contributed by atoms with Gasteiger partial charge in [-0.3, -0.25) is 4.98 Å². The average Bonchev–Trinajstić information content (AvgIpc) is 2.41. The van der Waals surface area contributed by atoms with Gasteiger partial charge in [0, 0.05) is 18.3 Å². The lowest BCUT2D eigenvalue weighted by atomic mass is 9.79. The topological polar surface area (TPSA) is 33.1 Å². The summed E-state index contributed by atoms with van der Waals surface area (Å²) >= 11 is 0. The molecule has 2 unspecified atom stereocenters. The lowest BCUT2D eigenvalue weighted by molar-refractivity contribution is 0.153. The van der Waals surface area contributed by atoms with Crippen LogP contribution in [0.2, 0.25) is 0 Å². The predicted molar refractivity (Wildman–Crippen MR) is 66.7 cm³/mol. The van der Waals surface area contributed by atoms with E-state index in [2.05, 4.69) is 29.2 Å². The molecule has 0 amide bonds. The van der Waals surface area contributed by atoms with Gasteiger partial charge >= 0.3 is 0 Å². The van der Waals surface area contributed by atoms with Crippen molar-refractivity contribution in [2.24, 2.45) is 0 Å². The van der Waals surface area contributed by atoms with E-state index in [0.29, 0.717) is 5.92 Å². The Hall–Kier alpha value is -1.67. The molecule has 1 N–H and O–H groups in total. The Morgan fingerprint density at radius 2 is 1.82 bits per heavy atom. The maximum absolute atomic E-state index is 10.00. The fourth-order valence-electron chi connectivity index (χ4n) is 2.68. The molecule has 1 aromatic carbocycles. The van der Waals surface area contributed by atoms with Crippen LogP contribution in [0.1, 0.15) is 41.6 Å². The third kappa shape index (κ3) is 1.85. The van der Waals surface area contributed by atoms with Gasteiger partial charge < -0.3 is 5.11 Å². The van der Waals surface area contributed by atoms with Crippen LogP contribution in [0.4, 0.5) is 0 Å². The SMILES string of the molecule is OC1CCC(c2ccccc2)c2cnccc21. The summed E-state index contributed by atoms with van der Waals surface area (Å²) in [6.07, 6.45) is 5.15. The third-order valence-electron chi connectivity index (χ3n) is 3.55. The van der Waals surface area contributed by atoms with Crippen molar-refractivity contribution in [2.45, 2.75) is 24.9 Å². The zero-order valence-electron chi connectivity index (χ0n) is 9.58. The number of hydrogen-bond donors (Lipinski definition) is 1. The van der Waals surface area contributed by atoms with Gasteiger partial charge in [0.15, 0.2) is 0 Å². The van der Waals surface area contributed by atoms with E-state index in [1.165, 1.54) is 11.1 Å². The van der Waals surface area contributed by atoms with E-state index >= 15 is 0 Å². The van der Waals surface area contributed by atoms with Gasteiger partial charge in [0.25, 0.3) is 0 Å². The van der Waals surface area contributed by atoms with E-state index in [1.54, 1.807) is 6.20 Å². The van der Waals surface area contributed by atoms with Gasteiger partial charge in [-0.25, -0.2) is 0 Å². The zero-order valence-corrected chi connectivity index (χ0v) is 9.58. The maximum atomic E-state index is 10.00. The van der Waals surface area contributed by atoms with Crippen molar-refractivity contribution >= 4 is 0 Å². The van der Waals surface area contributed by atoms with E-state index in [9.17, 15) is 5.11 Å². The monoisotopic (exact) mass is 225 g/mol. The summed E-state index contributed by atoms with van der Waals surface area (Å²) in [6, 6.07) is 12.4. The first-order valence-corrected chi connectivity index (χ1v) is 6.03. The Balaban J connectivity index is 2.07. The molecule has 0 saturated carbocycles. The molecule has 2 aromatic rings. The van der Waals surface area contributed by atoms with Crippen LogP contribution in [-0.2, 0) is 0 Å². The summed E-state index contributed by atoms with van der Waals surface area (Å²) in [7, 11) is 0. The second-order valence-electron chi connectivity index (χ2n) is 4.56. The van der Waals surface area contributed by atoms with Crippen LogP contribution >= 0.6 is 0 Å². The Labute approximate surface area is 101 Å². The van der Waals surface area contributed by atoms with Crippen molar-refractivity contribution in [3.05, 3.63) is 65.5 Å². The Morgan fingerprint density at radius 3 is 2.65 bits per heavy atom. The first kappa shape index (κ1) is 10.5. The van der Waals surface area contributed by atoms with Gasteiger partial charge in [-0.1, -0.05) is 30.3 Å². The molecule has 86 valence electrons. The molecule has 2 nitrogen and oxygen atoms in total. The average molecular weight is 225 g/mol. The molecule has 1 aliphatic rings. The molecule has 0 spiro atoms. The highest BCUT2D eigenvalue weighted by molar-refractivity contribution is 5.39. The molecule has 0 fully saturated rings. The standard InChI is InChI=1S/C15H15NO/c17-15-7-6-12(11-4-2-1-3-5-11)14-10-16-9-8-13(14)15/h1-5,8-10,12,15,17H,6-7H2. The van der Waals surface area contributed by atoms with Crippen molar-refractivity contribution in [2.75, 3.05) is 0 Å². The normalized spacial score (nSPS) is 23.1. The number of aromatic nitrogens is 1. The number of nitrogens with zero attached hydrogens (tertiary/aromatic N) is 1. The summed E-state index contributed by atoms with van der Waals surface area (Å²) in [5.74, 6) is 0.378. The lowest BCUT2D eigenvalue weighted by Crippen LogP contribution is -2.15. The Kier molecular flexibility index (Phi) is 2.65. The van der Waals surface area contributed by atoms with Crippen molar-refractivity contribution < 1.29 is 5.11 Å². The fourth-order valence-corrected chi connectivity index (χ4v) is 2.68. The number of hydrogen-bond acceptors (Lipinski definition) is 2. The van der Waals surface area contributed by atoms with E-state index in [-0.39, 0.29) is 6.10 Å². The van der Waals surface area contributed by atoms with Gasteiger partial charge in [0.2, 0.25) is 0 Å². The molecule has 2 heteroatoms. The second-order valence-corrected chi connectivity index (χ2v) is 4.56. The second kappa shape index (κ2) is 4.30. The fraction of sp³-hybridized carbons (Fsp3) is 0.267. The largest absolute Gasteiger partial charge is 0.388 e. The predicted octanol–water partition coefficient (Wildman–Crippen LogP) is 3.04. The van der Waals surface area contributed by atoms with E-state index in [0.717, 1.165) is 18.4 Å². The Bertz CT molecular complexity index is 509. The number of pyridine rings is 1. The smallest absolute Gasteiger partial charge is 0.0794 e. The van der Waals surface area contributed by atoms with Gasteiger partial charge in [-0.05, 0) is 35.6 Å². The highest BCUT2D eigenvalue weighted by atomic mass is 16.3. The third-order valence-corrected chi connectivity index (χ3v) is 3.55. The van der Waals surface area contributed by atoms with E-state index < -0.39 is 0 Å². The quantitative estimate of drug-likeness (QED) is 0.809. The van der Waals surface area contributed by atoms with Gasteiger partial charge in [-0.15, -0.1) is 0 Å².